The van der Waals surface area contributed by atoms with Crippen LogP contribution in [0.3, 0.4) is 0 Å². The predicted molar refractivity (Wildman–Crippen MR) is 111 cm³/mol. The van der Waals surface area contributed by atoms with Crippen LogP contribution in [0.5, 0.6) is 6.01 Å². The molecule has 29 heavy (non-hydrogen) atoms. The van der Waals surface area contributed by atoms with Crippen LogP contribution in [0.25, 0.3) is 5.57 Å². The summed E-state index contributed by atoms with van der Waals surface area (Å²) in [5.41, 5.74) is 0.544. The highest BCUT2D eigenvalue weighted by Crippen LogP contribution is 2.36. The number of ether oxygens (including phenoxy) is 2. The molecule has 0 spiro atoms. The molecule has 2 heterocycles. The van der Waals surface area contributed by atoms with E-state index in [9.17, 15) is 9.59 Å². The van der Waals surface area contributed by atoms with Gasteiger partial charge in [0.2, 0.25) is 0 Å². The number of rotatable bonds is 7. The van der Waals surface area contributed by atoms with E-state index in [1.165, 1.54) is 12.0 Å². The summed E-state index contributed by atoms with van der Waals surface area (Å²) in [6.45, 7) is 6.53. The molecule has 0 aliphatic carbocycles. The minimum absolute atomic E-state index is 0.156. The second kappa shape index (κ2) is 8.97. The molecule has 0 unspecified atom stereocenters. The lowest BCUT2D eigenvalue weighted by Crippen LogP contribution is -2.35. The van der Waals surface area contributed by atoms with Crippen molar-refractivity contribution in [3.63, 3.8) is 0 Å². The molecule has 0 saturated carbocycles. The Balaban J connectivity index is 2.07. The number of carbonyl (C=O) groups excluding carboxylic acids is 2. The molecule has 10 nitrogen and oxygen atoms in total. The van der Waals surface area contributed by atoms with Crippen LogP contribution in [0.1, 0.15) is 32.8 Å². The van der Waals surface area contributed by atoms with E-state index < -0.39 is 5.60 Å². The Hall–Kier alpha value is -3.04. The van der Waals surface area contributed by atoms with Gasteiger partial charge < -0.3 is 29.9 Å². The van der Waals surface area contributed by atoms with Crippen LogP contribution in [0.15, 0.2) is 6.20 Å². The zero-order chi connectivity index (χ0) is 21.8. The zero-order valence-corrected chi connectivity index (χ0v) is 18.1. The SMILES string of the molecule is COc1nc(NCCCN(C)C(=O)OC(C)(C)C)c2c(n1)NC(=O)/C2=C\N(C)C. The van der Waals surface area contributed by atoms with Gasteiger partial charge in [-0.3, -0.25) is 4.79 Å². The summed E-state index contributed by atoms with van der Waals surface area (Å²) in [4.78, 5) is 36.2. The molecule has 0 atom stereocenters. The van der Waals surface area contributed by atoms with Crippen molar-refractivity contribution in [1.29, 1.82) is 0 Å². The first-order valence-electron chi connectivity index (χ1n) is 9.36. The second-order valence-corrected chi connectivity index (χ2v) is 7.93. The number of hydrogen-bond acceptors (Lipinski definition) is 8. The van der Waals surface area contributed by atoms with E-state index in [4.69, 9.17) is 9.47 Å². The molecule has 10 heteroatoms. The lowest BCUT2D eigenvalue weighted by molar-refractivity contribution is -0.110. The average Bonchev–Trinajstić information content (AvgIpc) is 2.91. The van der Waals surface area contributed by atoms with E-state index in [-0.39, 0.29) is 18.0 Å². The average molecular weight is 406 g/mol. The van der Waals surface area contributed by atoms with Crippen molar-refractivity contribution in [1.82, 2.24) is 19.8 Å². The highest BCUT2D eigenvalue weighted by molar-refractivity contribution is 6.32. The lowest BCUT2D eigenvalue weighted by Gasteiger charge is -2.24. The Kier molecular flexibility index (Phi) is 6.89. The van der Waals surface area contributed by atoms with Crippen molar-refractivity contribution in [2.75, 3.05) is 52.0 Å². The van der Waals surface area contributed by atoms with Gasteiger partial charge in [0.25, 0.3) is 5.91 Å². The number of nitrogens with one attached hydrogen (secondary N) is 2. The van der Waals surface area contributed by atoms with E-state index >= 15 is 0 Å². The maximum atomic E-state index is 12.3. The van der Waals surface area contributed by atoms with Gasteiger partial charge >= 0.3 is 12.1 Å². The summed E-state index contributed by atoms with van der Waals surface area (Å²) in [7, 11) is 6.83. The van der Waals surface area contributed by atoms with Crippen molar-refractivity contribution in [2.45, 2.75) is 32.8 Å². The normalized spacial score (nSPS) is 14.3. The molecular formula is C19H30N6O4. The van der Waals surface area contributed by atoms with E-state index in [0.29, 0.717) is 42.3 Å². The van der Waals surface area contributed by atoms with Gasteiger partial charge in [-0.15, -0.1) is 0 Å². The van der Waals surface area contributed by atoms with E-state index in [0.717, 1.165) is 0 Å². The van der Waals surface area contributed by atoms with E-state index in [1.54, 1.807) is 18.1 Å². The number of aromatic nitrogens is 2. The molecule has 1 aromatic rings. The third kappa shape index (κ3) is 5.97. The van der Waals surface area contributed by atoms with Crippen LogP contribution >= 0.6 is 0 Å². The molecule has 0 saturated heterocycles. The Labute approximate surface area is 171 Å². The number of anilines is 2. The maximum Gasteiger partial charge on any atom is 0.410 e. The fourth-order valence-corrected chi connectivity index (χ4v) is 2.63. The van der Waals surface area contributed by atoms with Gasteiger partial charge in [0.1, 0.15) is 11.4 Å². The quantitative estimate of drug-likeness (QED) is 0.523. The molecule has 160 valence electrons. The summed E-state index contributed by atoms with van der Waals surface area (Å²) in [6, 6.07) is 0.156. The number of amides is 2. The summed E-state index contributed by atoms with van der Waals surface area (Å²) in [5.74, 6) is 0.658. The van der Waals surface area contributed by atoms with E-state index in [1.807, 2.05) is 34.9 Å². The Morgan fingerprint density at radius 3 is 2.52 bits per heavy atom. The minimum atomic E-state index is -0.531. The molecule has 2 amide bonds. The lowest BCUT2D eigenvalue weighted by atomic mass is 10.1. The molecule has 1 aromatic heterocycles. The fourth-order valence-electron chi connectivity index (χ4n) is 2.63. The molecule has 0 bridgehead atoms. The number of carbonyl (C=O) groups is 2. The standard InChI is InChI=1S/C19H30N6O4/c1-19(2,3)29-18(27)25(6)10-8-9-20-14-13-12(11-24(4)5)16(26)21-15(13)23-17(22-14)28-7/h11H,8-10H2,1-7H3,(H2,20,21,22,23,26)/b12-11-. The highest BCUT2D eigenvalue weighted by atomic mass is 16.6. The molecule has 1 aliphatic rings. The molecular weight excluding hydrogens is 376 g/mol. The molecule has 0 radical (unpaired) electrons. The van der Waals surface area contributed by atoms with Gasteiger partial charge in [0.05, 0.1) is 18.2 Å². The Morgan fingerprint density at radius 1 is 1.24 bits per heavy atom. The molecule has 0 fully saturated rings. The van der Waals surface area contributed by atoms with Crippen LogP contribution in [0.4, 0.5) is 16.4 Å². The molecule has 2 rings (SSSR count). The number of methoxy groups -OCH3 is 1. The first-order valence-corrected chi connectivity index (χ1v) is 9.36. The third-order valence-corrected chi connectivity index (χ3v) is 3.87. The first kappa shape index (κ1) is 22.3. The van der Waals surface area contributed by atoms with Gasteiger partial charge in [-0.2, -0.15) is 9.97 Å². The number of nitrogens with zero attached hydrogens (tertiary/aromatic N) is 4. The van der Waals surface area contributed by atoms with Crippen LogP contribution in [-0.2, 0) is 9.53 Å². The predicted octanol–water partition coefficient (Wildman–Crippen LogP) is 2.01. The van der Waals surface area contributed by atoms with Crippen molar-refractivity contribution in [3.8, 4) is 6.01 Å². The van der Waals surface area contributed by atoms with Crippen LogP contribution in [0, 0.1) is 0 Å². The second-order valence-electron chi connectivity index (χ2n) is 7.93. The van der Waals surface area contributed by atoms with Crippen molar-refractivity contribution in [2.24, 2.45) is 0 Å². The minimum Gasteiger partial charge on any atom is -0.467 e. The van der Waals surface area contributed by atoms with Crippen LogP contribution in [-0.4, -0.2) is 78.7 Å². The summed E-state index contributed by atoms with van der Waals surface area (Å²) in [6.07, 6.45) is 2.01. The third-order valence-electron chi connectivity index (χ3n) is 3.87. The van der Waals surface area contributed by atoms with Gasteiger partial charge in [0, 0.05) is 40.4 Å². The van der Waals surface area contributed by atoms with E-state index in [2.05, 4.69) is 20.6 Å². The smallest absolute Gasteiger partial charge is 0.410 e. The number of hydrogen-bond donors (Lipinski definition) is 2. The Bertz CT molecular complexity index is 801. The molecule has 1 aliphatic heterocycles. The monoisotopic (exact) mass is 406 g/mol. The number of fused-ring (bicyclic) bond motifs is 1. The van der Waals surface area contributed by atoms with Gasteiger partial charge in [-0.05, 0) is 27.2 Å². The van der Waals surface area contributed by atoms with Crippen LogP contribution in [0.2, 0.25) is 0 Å². The zero-order valence-electron chi connectivity index (χ0n) is 18.1. The largest absolute Gasteiger partial charge is 0.467 e. The first-order chi connectivity index (χ1) is 13.5. The topological polar surface area (TPSA) is 109 Å². The molecule has 2 N–H and O–H groups in total. The fraction of sp³-hybridized carbons (Fsp3) is 0.579. The van der Waals surface area contributed by atoms with Gasteiger partial charge in [-0.25, -0.2) is 4.79 Å². The summed E-state index contributed by atoms with van der Waals surface area (Å²) in [5, 5.41) is 5.96. The van der Waals surface area contributed by atoms with Crippen molar-refractivity contribution < 1.29 is 19.1 Å². The van der Waals surface area contributed by atoms with Crippen molar-refractivity contribution >= 4 is 29.2 Å². The summed E-state index contributed by atoms with van der Waals surface area (Å²) < 4.78 is 10.5. The molecule has 0 aromatic carbocycles. The van der Waals surface area contributed by atoms with Crippen molar-refractivity contribution in [3.05, 3.63) is 11.8 Å². The highest BCUT2D eigenvalue weighted by Gasteiger charge is 2.31. The van der Waals surface area contributed by atoms with Crippen LogP contribution < -0.4 is 15.4 Å². The van der Waals surface area contributed by atoms with Gasteiger partial charge in [-0.1, -0.05) is 0 Å². The Morgan fingerprint density at radius 2 is 1.93 bits per heavy atom. The summed E-state index contributed by atoms with van der Waals surface area (Å²) >= 11 is 0. The maximum absolute atomic E-state index is 12.3. The van der Waals surface area contributed by atoms with Gasteiger partial charge in [0.15, 0.2) is 5.82 Å².